The van der Waals surface area contributed by atoms with Crippen LogP contribution >= 0.6 is 0 Å². The molecule has 1 atom stereocenters. The summed E-state index contributed by atoms with van der Waals surface area (Å²) in [6, 6.07) is 7.51. The first-order chi connectivity index (χ1) is 14.8. The molecular weight excluding hydrogens is 414 g/mol. The first-order valence-corrected chi connectivity index (χ1v) is 12.6. The van der Waals surface area contributed by atoms with E-state index in [0.717, 1.165) is 31.9 Å². The van der Waals surface area contributed by atoms with Crippen molar-refractivity contribution >= 4 is 27.3 Å². The number of hydrogen-bond donors (Lipinski definition) is 1. The van der Waals surface area contributed by atoms with Gasteiger partial charge in [0.1, 0.15) is 6.04 Å². The topological polar surface area (TPSA) is 96.4 Å². The summed E-state index contributed by atoms with van der Waals surface area (Å²) >= 11 is 0. The molecule has 0 radical (unpaired) electrons. The van der Waals surface area contributed by atoms with Gasteiger partial charge in [-0.3, -0.25) is 14.6 Å². The Bertz CT molecular complexity index is 1080. The Kier molecular flexibility index (Phi) is 6.09. The molecule has 0 bridgehead atoms. The smallest absolute Gasteiger partial charge is 0.255 e. The van der Waals surface area contributed by atoms with Crippen molar-refractivity contribution in [2.45, 2.75) is 56.0 Å². The van der Waals surface area contributed by atoms with E-state index in [1.807, 2.05) is 0 Å². The third kappa shape index (κ3) is 4.63. The van der Waals surface area contributed by atoms with Crippen LogP contribution in [0.2, 0.25) is 0 Å². The van der Waals surface area contributed by atoms with Crippen molar-refractivity contribution in [3.63, 3.8) is 0 Å². The molecule has 1 aromatic carbocycles. The lowest BCUT2D eigenvalue weighted by molar-refractivity contribution is -0.121. The van der Waals surface area contributed by atoms with Crippen LogP contribution in [-0.2, 0) is 21.2 Å². The predicted octanol–water partition coefficient (Wildman–Crippen LogP) is 3.42. The molecule has 0 spiro atoms. The molecule has 7 nitrogen and oxygen atoms in total. The van der Waals surface area contributed by atoms with Gasteiger partial charge in [0.25, 0.3) is 5.91 Å². The summed E-state index contributed by atoms with van der Waals surface area (Å²) in [5.74, 6) is -0.169. The van der Waals surface area contributed by atoms with Gasteiger partial charge in [-0.1, -0.05) is 38.2 Å². The van der Waals surface area contributed by atoms with E-state index in [1.54, 1.807) is 41.6 Å². The standard InChI is InChI=1S/C23H27N3O4S/c1-31(29,30)21-9-5-8-18-19(21)15-26(23(18)28)20(14-16-6-3-2-4-7-16)22(27)25-17-10-12-24-13-11-17/h5,8-13,16,20H,2-4,6-7,14-15H2,1H3,(H,24,25,27)/t20-/m0/s1. The van der Waals surface area contributed by atoms with Crippen LogP contribution < -0.4 is 5.32 Å². The Hall–Kier alpha value is -2.74. The minimum atomic E-state index is -3.48. The van der Waals surface area contributed by atoms with Crippen LogP contribution in [0.15, 0.2) is 47.6 Å². The predicted molar refractivity (Wildman–Crippen MR) is 117 cm³/mol. The molecule has 1 N–H and O–H groups in total. The van der Waals surface area contributed by atoms with Gasteiger partial charge in [-0.25, -0.2) is 8.42 Å². The first-order valence-electron chi connectivity index (χ1n) is 10.7. The molecule has 1 aromatic heterocycles. The van der Waals surface area contributed by atoms with Crippen LogP contribution in [0.5, 0.6) is 0 Å². The fraction of sp³-hybridized carbons (Fsp3) is 0.435. The summed E-state index contributed by atoms with van der Waals surface area (Å²) in [6.07, 6.45) is 10.5. The molecule has 2 aliphatic rings. The van der Waals surface area contributed by atoms with Crippen LogP contribution in [0.1, 0.15) is 54.4 Å². The lowest BCUT2D eigenvalue weighted by Crippen LogP contribution is -2.45. The van der Waals surface area contributed by atoms with Crippen molar-refractivity contribution in [2.24, 2.45) is 5.92 Å². The van der Waals surface area contributed by atoms with E-state index in [-0.39, 0.29) is 23.3 Å². The van der Waals surface area contributed by atoms with E-state index in [1.165, 1.54) is 12.5 Å². The van der Waals surface area contributed by atoms with Crippen molar-refractivity contribution in [3.8, 4) is 0 Å². The molecule has 2 aromatic rings. The molecule has 8 heteroatoms. The fourth-order valence-corrected chi connectivity index (χ4v) is 5.65. The van der Waals surface area contributed by atoms with Crippen molar-refractivity contribution in [1.29, 1.82) is 0 Å². The Balaban J connectivity index is 1.64. The van der Waals surface area contributed by atoms with Gasteiger partial charge in [0, 0.05) is 42.0 Å². The maximum absolute atomic E-state index is 13.3. The zero-order valence-corrected chi connectivity index (χ0v) is 18.4. The maximum Gasteiger partial charge on any atom is 0.255 e. The van der Waals surface area contributed by atoms with Gasteiger partial charge in [0.05, 0.1) is 4.90 Å². The third-order valence-corrected chi connectivity index (χ3v) is 7.44. The minimum absolute atomic E-state index is 0.124. The zero-order valence-electron chi connectivity index (χ0n) is 17.6. The van der Waals surface area contributed by atoms with Gasteiger partial charge in [0.15, 0.2) is 9.84 Å². The molecule has 31 heavy (non-hydrogen) atoms. The molecular formula is C23H27N3O4S. The number of pyridine rings is 1. The Morgan fingerprint density at radius 3 is 2.55 bits per heavy atom. The number of anilines is 1. The highest BCUT2D eigenvalue weighted by molar-refractivity contribution is 7.90. The van der Waals surface area contributed by atoms with Crippen molar-refractivity contribution in [1.82, 2.24) is 9.88 Å². The Morgan fingerprint density at radius 2 is 1.87 bits per heavy atom. The highest BCUT2D eigenvalue weighted by Gasteiger charge is 2.39. The number of sulfone groups is 1. The summed E-state index contributed by atoms with van der Waals surface area (Å²) in [4.78, 5) is 32.2. The van der Waals surface area contributed by atoms with Crippen LogP contribution in [0.4, 0.5) is 5.69 Å². The lowest BCUT2D eigenvalue weighted by atomic mass is 9.84. The average molecular weight is 442 g/mol. The number of nitrogens with one attached hydrogen (secondary N) is 1. The largest absolute Gasteiger partial charge is 0.324 e. The van der Waals surface area contributed by atoms with E-state index < -0.39 is 15.9 Å². The molecule has 2 heterocycles. The van der Waals surface area contributed by atoms with Gasteiger partial charge in [-0.05, 0) is 36.6 Å². The van der Waals surface area contributed by atoms with Crippen LogP contribution in [0, 0.1) is 5.92 Å². The number of benzene rings is 1. The van der Waals surface area contributed by atoms with E-state index >= 15 is 0 Å². The molecule has 1 aliphatic carbocycles. The summed E-state index contributed by atoms with van der Waals surface area (Å²) in [6.45, 7) is 0.124. The lowest BCUT2D eigenvalue weighted by Gasteiger charge is -2.31. The molecule has 4 rings (SSSR count). The van der Waals surface area contributed by atoms with Gasteiger partial charge < -0.3 is 10.2 Å². The van der Waals surface area contributed by atoms with Gasteiger partial charge in [0.2, 0.25) is 5.91 Å². The van der Waals surface area contributed by atoms with Gasteiger partial charge >= 0.3 is 0 Å². The van der Waals surface area contributed by atoms with E-state index in [2.05, 4.69) is 10.3 Å². The second-order valence-corrected chi connectivity index (χ2v) is 10.5. The maximum atomic E-state index is 13.3. The molecule has 1 fully saturated rings. The number of aromatic nitrogens is 1. The second kappa shape index (κ2) is 8.78. The van der Waals surface area contributed by atoms with Crippen LogP contribution in [-0.4, -0.2) is 42.4 Å². The number of hydrogen-bond acceptors (Lipinski definition) is 5. The zero-order chi connectivity index (χ0) is 22.0. The van der Waals surface area contributed by atoms with Crippen molar-refractivity contribution < 1.29 is 18.0 Å². The monoisotopic (exact) mass is 441 g/mol. The third-order valence-electron chi connectivity index (χ3n) is 6.26. The number of rotatable bonds is 6. The molecule has 164 valence electrons. The van der Waals surface area contributed by atoms with Gasteiger partial charge in [-0.2, -0.15) is 0 Å². The Labute approximate surface area is 182 Å². The average Bonchev–Trinajstić information content (AvgIpc) is 3.09. The SMILES string of the molecule is CS(=O)(=O)c1cccc2c1CN([C@@H](CC1CCCCC1)C(=O)Nc1ccncc1)C2=O. The van der Waals surface area contributed by atoms with E-state index in [4.69, 9.17) is 0 Å². The van der Waals surface area contributed by atoms with Crippen LogP contribution in [0.25, 0.3) is 0 Å². The number of amides is 2. The van der Waals surface area contributed by atoms with Gasteiger partial charge in [-0.15, -0.1) is 0 Å². The molecule has 2 amide bonds. The van der Waals surface area contributed by atoms with Crippen molar-refractivity contribution in [2.75, 3.05) is 11.6 Å². The minimum Gasteiger partial charge on any atom is -0.324 e. The molecule has 0 unspecified atom stereocenters. The summed E-state index contributed by atoms with van der Waals surface area (Å²) in [7, 11) is -3.48. The second-order valence-electron chi connectivity index (χ2n) is 8.47. The number of fused-ring (bicyclic) bond motifs is 1. The van der Waals surface area contributed by atoms with E-state index in [0.29, 0.717) is 29.2 Å². The highest BCUT2D eigenvalue weighted by atomic mass is 32.2. The highest BCUT2D eigenvalue weighted by Crippen LogP contribution is 2.34. The quantitative estimate of drug-likeness (QED) is 0.741. The molecule has 1 saturated carbocycles. The summed E-state index contributed by atoms with van der Waals surface area (Å²) in [5.41, 5.74) is 1.48. The summed E-state index contributed by atoms with van der Waals surface area (Å²) in [5, 5.41) is 2.91. The first kappa shape index (κ1) is 21.5. The van der Waals surface area contributed by atoms with E-state index in [9.17, 15) is 18.0 Å². The number of carbonyl (C=O) groups is 2. The number of nitrogens with zero attached hydrogens (tertiary/aromatic N) is 2. The van der Waals surface area contributed by atoms with Crippen molar-refractivity contribution in [3.05, 3.63) is 53.9 Å². The normalized spacial score (nSPS) is 18.0. The molecule has 1 aliphatic heterocycles. The fourth-order valence-electron chi connectivity index (χ4n) is 4.70. The molecule has 0 saturated heterocycles. The van der Waals surface area contributed by atoms with Crippen LogP contribution in [0.3, 0.4) is 0 Å². The number of carbonyl (C=O) groups excluding carboxylic acids is 2. The Morgan fingerprint density at radius 1 is 1.16 bits per heavy atom. The summed E-state index contributed by atoms with van der Waals surface area (Å²) < 4.78 is 24.5.